The second kappa shape index (κ2) is 11.5. The first kappa shape index (κ1) is 25.0. The quantitative estimate of drug-likeness (QED) is 0.331. The first-order valence-electron chi connectivity index (χ1n) is 11.7. The van der Waals surface area contributed by atoms with Crippen molar-refractivity contribution in [1.29, 1.82) is 5.26 Å². The van der Waals surface area contributed by atoms with Crippen molar-refractivity contribution in [2.75, 3.05) is 13.7 Å². The van der Waals surface area contributed by atoms with Crippen LogP contribution in [0.3, 0.4) is 0 Å². The molecule has 0 spiro atoms. The minimum absolute atomic E-state index is 0.0432. The molecule has 178 valence electrons. The number of ketones is 1. The van der Waals surface area contributed by atoms with Crippen LogP contribution in [0.15, 0.2) is 35.9 Å². The third-order valence-electron chi connectivity index (χ3n) is 6.30. The van der Waals surface area contributed by atoms with Crippen molar-refractivity contribution in [2.24, 2.45) is 0 Å². The normalized spacial score (nSPS) is 14.3. The minimum atomic E-state index is -0.358. The summed E-state index contributed by atoms with van der Waals surface area (Å²) < 4.78 is 11.2. The van der Waals surface area contributed by atoms with Gasteiger partial charge in [0.25, 0.3) is 5.91 Å². The van der Waals surface area contributed by atoms with E-state index >= 15 is 0 Å². The number of nitrogens with one attached hydrogen (secondary N) is 1. The van der Waals surface area contributed by atoms with Crippen LogP contribution < -0.4 is 14.8 Å². The lowest BCUT2D eigenvalue weighted by Crippen LogP contribution is -2.36. The maximum Gasteiger partial charge on any atom is 0.262 e. The van der Waals surface area contributed by atoms with Crippen LogP contribution in [-0.2, 0) is 4.79 Å². The molecule has 6 heteroatoms. The van der Waals surface area contributed by atoms with Crippen LogP contribution in [0.5, 0.6) is 11.5 Å². The number of carbonyl (C=O) groups excluding carboxylic acids is 2. The van der Waals surface area contributed by atoms with Gasteiger partial charge in [0, 0.05) is 11.6 Å². The number of amides is 1. The smallest absolute Gasteiger partial charge is 0.262 e. The zero-order valence-corrected chi connectivity index (χ0v) is 20.4. The number of benzene rings is 2. The molecule has 0 heterocycles. The number of carbonyl (C=O) groups is 2. The third-order valence-corrected chi connectivity index (χ3v) is 6.30. The van der Waals surface area contributed by atoms with Gasteiger partial charge >= 0.3 is 0 Å². The van der Waals surface area contributed by atoms with Crippen LogP contribution in [0.2, 0.25) is 0 Å². The number of methoxy groups -OCH3 is 1. The molecule has 0 bridgehead atoms. The lowest BCUT2D eigenvalue weighted by atomic mass is 9.95. The predicted molar refractivity (Wildman–Crippen MR) is 132 cm³/mol. The largest absolute Gasteiger partial charge is 0.493 e. The second-order valence-corrected chi connectivity index (χ2v) is 8.85. The van der Waals surface area contributed by atoms with Crippen molar-refractivity contribution in [3.8, 4) is 17.6 Å². The van der Waals surface area contributed by atoms with Gasteiger partial charge in [0.1, 0.15) is 11.6 Å². The van der Waals surface area contributed by atoms with Crippen molar-refractivity contribution in [3.63, 3.8) is 0 Å². The van der Waals surface area contributed by atoms with Gasteiger partial charge in [0.15, 0.2) is 23.9 Å². The standard InChI is InChI=1S/C28H32N2O4/c1-18-12-20(3)24(13-19(18)2)25(31)17-34-26-11-10-21(15-27(26)33-4)14-22(16-29)28(32)30-23-8-6-5-7-9-23/h10-15,23H,5-9,17H2,1-4H3,(H,30,32)/b22-14+. The number of hydrogen-bond acceptors (Lipinski definition) is 5. The van der Waals surface area contributed by atoms with Gasteiger partial charge in [-0.3, -0.25) is 9.59 Å². The number of nitriles is 1. The van der Waals surface area contributed by atoms with Crippen LogP contribution >= 0.6 is 0 Å². The van der Waals surface area contributed by atoms with Gasteiger partial charge in [-0.1, -0.05) is 31.4 Å². The summed E-state index contributed by atoms with van der Waals surface area (Å²) >= 11 is 0. The average molecular weight is 461 g/mol. The van der Waals surface area contributed by atoms with Gasteiger partial charge in [-0.25, -0.2) is 0 Å². The number of hydrogen-bond donors (Lipinski definition) is 1. The number of ether oxygens (including phenoxy) is 2. The van der Waals surface area contributed by atoms with Gasteiger partial charge in [-0.05, 0) is 80.1 Å². The molecule has 0 aromatic heterocycles. The molecule has 1 aliphatic carbocycles. The lowest BCUT2D eigenvalue weighted by molar-refractivity contribution is -0.117. The molecule has 3 rings (SSSR count). The van der Waals surface area contributed by atoms with Crippen LogP contribution in [0.4, 0.5) is 0 Å². The third kappa shape index (κ3) is 6.26. The highest BCUT2D eigenvalue weighted by Crippen LogP contribution is 2.29. The molecule has 1 amide bonds. The van der Waals surface area contributed by atoms with E-state index in [2.05, 4.69) is 5.32 Å². The van der Waals surface area contributed by atoms with E-state index in [0.717, 1.165) is 42.4 Å². The molecule has 1 aliphatic rings. The topological polar surface area (TPSA) is 88.4 Å². The molecule has 34 heavy (non-hydrogen) atoms. The summed E-state index contributed by atoms with van der Waals surface area (Å²) in [4.78, 5) is 25.3. The molecule has 0 saturated heterocycles. The van der Waals surface area contributed by atoms with E-state index in [4.69, 9.17) is 9.47 Å². The first-order valence-corrected chi connectivity index (χ1v) is 11.7. The zero-order chi connectivity index (χ0) is 24.7. The van der Waals surface area contributed by atoms with Crippen molar-refractivity contribution >= 4 is 17.8 Å². The summed E-state index contributed by atoms with van der Waals surface area (Å²) in [6.07, 6.45) is 6.82. The van der Waals surface area contributed by atoms with E-state index in [0.29, 0.717) is 22.6 Å². The highest BCUT2D eigenvalue weighted by molar-refractivity contribution is 6.02. The zero-order valence-electron chi connectivity index (χ0n) is 20.4. The Morgan fingerprint density at radius 2 is 1.74 bits per heavy atom. The molecule has 0 aliphatic heterocycles. The fourth-order valence-corrected chi connectivity index (χ4v) is 4.20. The fraction of sp³-hybridized carbons (Fsp3) is 0.393. The fourth-order valence-electron chi connectivity index (χ4n) is 4.20. The van der Waals surface area contributed by atoms with E-state index in [9.17, 15) is 14.9 Å². The Balaban J connectivity index is 1.71. The van der Waals surface area contributed by atoms with E-state index in [1.165, 1.54) is 19.6 Å². The van der Waals surface area contributed by atoms with Crippen LogP contribution in [-0.4, -0.2) is 31.4 Å². The molecular formula is C28H32N2O4. The molecule has 6 nitrogen and oxygen atoms in total. The minimum Gasteiger partial charge on any atom is -0.493 e. The van der Waals surface area contributed by atoms with E-state index in [1.807, 2.05) is 39.0 Å². The molecule has 2 aromatic rings. The van der Waals surface area contributed by atoms with Gasteiger partial charge in [0.05, 0.1) is 7.11 Å². The number of Topliss-reactive ketones (excluding diaryl/α,β-unsaturated/α-hetero) is 1. The summed E-state index contributed by atoms with van der Waals surface area (Å²) in [5.41, 5.74) is 4.44. The highest BCUT2D eigenvalue weighted by Gasteiger charge is 2.18. The Bertz CT molecular complexity index is 1140. The predicted octanol–water partition coefficient (Wildman–Crippen LogP) is 5.24. The summed E-state index contributed by atoms with van der Waals surface area (Å²) in [5, 5.41) is 12.5. The Kier molecular flexibility index (Phi) is 8.48. The Morgan fingerprint density at radius 1 is 1.03 bits per heavy atom. The summed E-state index contributed by atoms with van der Waals surface area (Å²) in [6, 6.07) is 11.1. The summed E-state index contributed by atoms with van der Waals surface area (Å²) in [5.74, 6) is 0.365. The lowest BCUT2D eigenvalue weighted by Gasteiger charge is -2.22. The molecule has 0 radical (unpaired) electrons. The molecule has 2 aromatic carbocycles. The van der Waals surface area contributed by atoms with Crippen molar-refractivity contribution in [1.82, 2.24) is 5.32 Å². The SMILES string of the molecule is COc1cc(/C=C(\C#N)C(=O)NC2CCCCC2)ccc1OCC(=O)c1cc(C)c(C)cc1C. The Morgan fingerprint density at radius 3 is 2.41 bits per heavy atom. The average Bonchev–Trinajstić information content (AvgIpc) is 2.84. The van der Waals surface area contributed by atoms with Crippen LogP contribution in [0.1, 0.15) is 64.7 Å². The molecule has 0 atom stereocenters. The number of aryl methyl sites for hydroxylation is 3. The first-order chi connectivity index (χ1) is 16.3. The van der Waals surface area contributed by atoms with Crippen LogP contribution in [0.25, 0.3) is 6.08 Å². The Hall–Kier alpha value is -3.59. The van der Waals surface area contributed by atoms with Gasteiger partial charge in [-0.2, -0.15) is 5.26 Å². The number of nitrogens with zero attached hydrogens (tertiary/aromatic N) is 1. The van der Waals surface area contributed by atoms with E-state index in [-0.39, 0.29) is 29.9 Å². The second-order valence-electron chi connectivity index (χ2n) is 8.85. The maximum atomic E-state index is 12.7. The van der Waals surface area contributed by atoms with Crippen molar-refractivity contribution in [2.45, 2.75) is 58.9 Å². The summed E-state index contributed by atoms with van der Waals surface area (Å²) in [6.45, 7) is 5.79. The van der Waals surface area contributed by atoms with Crippen molar-refractivity contribution in [3.05, 3.63) is 63.7 Å². The van der Waals surface area contributed by atoms with E-state index < -0.39 is 0 Å². The monoisotopic (exact) mass is 460 g/mol. The Labute approximate surface area is 201 Å². The molecule has 1 saturated carbocycles. The van der Waals surface area contributed by atoms with Gasteiger partial charge < -0.3 is 14.8 Å². The van der Waals surface area contributed by atoms with E-state index in [1.54, 1.807) is 18.2 Å². The molecular weight excluding hydrogens is 428 g/mol. The summed E-state index contributed by atoms with van der Waals surface area (Å²) in [7, 11) is 1.51. The molecule has 0 unspecified atom stereocenters. The van der Waals surface area contributed by atoms with Crippen molar-refractivity contribution < 1.29 is 19.1 Å². The maximum absolute atomic E-state index is 12.7. The molecule has 1 fully saturated rings. The van der Waals surface area contributed by atoms with Crippen LogP contribution in [0, 0.1) is 32.1 Å². The number of rotatable bonds is 8. The van der Waals surface area contributed by atoms with Gasteiger partial charge in [0.2, 0.25) is 0 Å². The molecule has 1 N–H and O–H groups in total. The van der Waals surface area contributed by atoms with Gasteiger partial charge in [-0.15, -0.1) is 0 Å². The highest BCUT2D eigenvalue weighted by atomic mass is 16.5.